The number of aromatic nitrogens is 1. The van der Waals surface area contributed by atoms with E-state index in [9.17, 15) is 9.59 Å². The Kier molecular flexibility index (Phi) is 5.27. The Bertz CT molecular complexity index is 624. The molecule has 1 aromatic rings. The fourth-order valence-corrected chi connectivity index (χ4v) is 3.62. The standard InChI is InChI=1S/C17H26N4O4/c1-12-10-15(18-25-12)16(22)21(13-5-8-24-9-6-13)14-4-7-20(11-14)17(23)19(2)3/h10,13-14H,4-9,11H2,1-3H3. The highest BCUT2D eigenvalue weighted by atomic mass is 16.5. The van der Waals surface area contributed by atoms with E-state index in [-0.39, 0.29) is 24.0 Å². The third-order valence-corrected chi connectivity index (χ3v) is 4.88. The molecule has 1 aromatic heterocycles. The van der Waals surface area contributed by atoms with Crippen LogP contribution in [0, 0.1) is 6.92 Å². The maximum Gasteiger partial charge on any atom is 0.319 e. The lowest BCUT2D eigenvalue weighted by molar-refractivity contribution is 0.0169. The second-order valence-electron chi connectivity index (χ2n) is 6.94. The molecule has 0 radical (unpaired) electrons. The molecule has 2 aliphatic heterocycles. The summed E-state index contributed by atoms with van der Waals surface area (Å²) in [5.41, 5.74) is 0.335. The lowest BCUT2D eigenvalue weighted by Gasteiger charge is -2.38. The minimum Gasteiger partial charge on any atom is -0.381 e. The van der Waals surface area contributed by atoms with E-state index >= 15 is 0 Å². The van der Waals surface area contributed by atoms with Crippen molar-refractivity contribution in [2.75, 3.05) is 40.4 Å². The van der Waals surface area contributed by atoms with Gasteiger partial charge in [-0.25, -0.2) is 4.79 Å². The van der Waals surface area contributed by atoms with Crippen molar-refractivity contribution in [3.8, 4) is 0 Å². The average molecular weight is 350 g/mol. The number of hydrogen-bond donors (Lipinski definition) is 0. The van der Waals surface area contributed by atoms with Crippen LogP contribution in [0.5, 0.6) is 0 Å². The first-order chi connectivity index (χ1) is 12.0. The van der Waals surface area contributed by atoms with Crippen LogP contribution in [0.3, 0.4) is 0 Å². The van der Waals surface area contributed by atoms with E-state index in [1.807, 2.05) is 4.90 Å². The zero-order valence-electron chi connectivity index (χ0n) is 15.1. The lowest BCUT2D eigenvalue weighted by Crippen LogP contribution is -2.51. The Labute approximate surface area is 147 Å². The zero-order valence-corrected chi connectivity index (χ0v) is 15.1. The van der Waals surface area contributed by atoms with Gasteiger partial charge in [0.15, 0.2) is 5.69 Å². The summed E-state index contributed by atoms with van der Waals surface area (Å²) in [4.78, 5) is 30.6. The van der Waals surface area contributed by atoms with E-state index in [1.54, 1.807) is 36.9 Å². The Morgan fingerprint density at radius 3 is 2.52 bits per heavy atom. The third kappa shape index (κ3) is 3.78. The molecule has 0 aliphatic carbocycles. The second kappa shape index (κ2) is 7.43. The largest absolute Gasteiger partial charge is 0.381 e. The molecule has 0 bridgehead atoms. The molecule has 25 heavy (non-hydrogen) atoms. The quantitative estimate of drug-likeness (QED) is 0.822. The first kappa shape index (κ1) is 17.7. The van der Waals surface area contributed by atoms with Gasteiger partial charge in [0.1, 0.15) is 5.76 Å². The van der Waals surface area contributed by atoms with Crippen molar-refractivity contribution in [1.29, 1.82) is 0 Å². The molecule has 3 heterocycles. The highest BCUT2D eigenvalue weighted by Crippen LogP contribution is 2.26. The normalized spacial score (nSPS) is 21.4. The van der Waals surface area contributed by atoms with Gasteiger partial charge in [0.25, 0.3) is 5.91 Å². The van der Waals surface area contributed by atoms with Crippen LogP contribution in [0.2, 0.25) is 0 Å². The molecule has 2 aliphatic rings. The van der Waals surface area contributed by atoms with Crippen LogP contribution in [0.1, 0.15) is 35.5 Å². The molecule has 0 aromatic carbocycles. The second-order valence-corrected chi connectivity index (χ2v) is 6.94. The van der Waals surface area contributed by atoms with Crippen LogP contribution >= 0.6 is 0 Å². The van der Waals surface area contributed by atoms with Crippen LogP contribution in [-0.4, -0.2) is 84.3 Å². The molecule has 1 unspecified atom stereocenters. The van der Waals surface area contributed by atoms with Gasteiger partial charge in [-0.15, -0.1) is 0 Å². The molecule has 2 saturated heterocycles. The van der Waals surface area contributed by atoms with Crippen molar-refractivity contribution in [3.63, 3.8) is 0 Å². The van der Waals surface area contributed by atoms with E-state index in [0.29, 0.717) is 37.8 Å². The van der Waals surface area contributed by atoms with Crippen molar-refractivity contribution in [2.45, 2.75) is 38.3 Å². The van der Waals surface area contributed by atoms with Gasteiger partial charge in [0.2, 0.25) is 0 Å². The summed E-state index contributed by atoms with van der Waals surface area (Å²) < 4.78 is 10.5. The Balaban J connectivity index is 1.79. The zero-order chi connectivity index (χ0) is 18.0. The minimum absolute atomic E-state index is 0.00324. The predicted molar refractivity (Wildman–Crippen MR) is 90.3 cm³/mol. The minimum atomic E-state index is -0.118. The van der Waals surface area contributed by atoms with Crippen molar-refractivity contribution in [2.24, 2.45) is 0 Å². The number of carbonyl (C=O) groups excluding carboxylic acids is 2. The molecule has 3 amide bonds. The number of aryl methyl sites for hydroxylation is 1. The van der Waals surface area contributed by atoms with Gasteiger partial charge in [-0.3, -0.25) is 4.79 Å². The summed E-state index contributed by atoms with van der Waals surface area (Å²) in [5, 5.41) is 3.90. The number of carbonyl (C=O) groups is 2. The number of likely N-dealkylation sites (tertiary alicyclic amines) is 1. The molecule has 1 atom stereocenters. The SMILES string of the molecule is Cc1cc(C(=O)N(C2CCOCC2)C2CCN(C(=O)N(C)C)C2)no1. The summed E-state index contributed by atoms with van der Waals surface area (Å²) in [6, 6.07) is 1.76. The van der Waals surface area contributed by atoms with E-state index < -0.39 is 0 Å². The van der Waals surface area contributed by atoms with E-state index in [0.717, 1.165) is 19.3 Å². The van der Waals surface area contributed by atoms with Crippen LogP contribution in [-0.2, 0) is 4.74 Å². The summed E-state index contributed by atoms with van der Waals surface area (Å²) in [5.74, 6) is 0.499. The van der Waals surface area contributed by atoms with Gasteiger partial charge in [-0.1, -0.05) is 5.16 Å². The molecule has 0 N–H and O–H groups in total. The highest BCUT2D eigenvalue weighted by molar-refractivity contribution is 5.92. The van der Waals surface area contributed by atoms with Gasteiger partial charge < -0.3 is 24.0 Å². The number of amides is 3. The maximum absolute atomic E-state index is 13.1. The van der Waals surface area contributed by atoms with Gasteiger partial charge in [-0.2, -0.15) is 0 Å². The van der Waals surface area contributed by atoms with Crippen molar-refractivity contribution >= 4 is 11.9 Å². The molecule has 2 fully saturated rings. The molecule has 138 valence electrons. The van der Waals surface area contributed by atoms with Crippen LogP contribution in [0.25, 0.3) is 0 Å². The van der Waals surface area contributed by atoms with Crippen LogP contribution in [0.15, 0.2) is 10.6 Å². The number of nitrogens with zero attached hydrogens (tertiary/aromatic N) is 4. The smallest absolute Gasteiger partial charge is 0.319 e. The monoisotopic (exact) mass is 350 g/mol. The average Bonchev–Trinajstić information content (AvgIpc) is 3.24. The summed E-state index contributed by atoms with van der Waals surface area (Å²) >= 11 is 0. The Hall–Kier alpha value is -2.09. The number of hydrogen-bond acceptors (Lipinski definition) is 5. The third-order valence-electron chi connectivity index (χ3n) is 4.88. The molecule has 8 heteroatoms. The molecule has 3 rings (SSSR count). The van der Waals surface area contributed by atoms with Crippen LogP contribution in [0.4, 0.5) is 4.79 Å². The topological polar surface area (TPSA) is 79.1 Å². The highest BCUT2D eigenvalue weighted by Gasteiger charge is 2.38. The van der Waals surface area contributed by atoms with Gasteiger partial charge >= 0.3 is 6.03 Å². The maximum atomic E-state index is 13.1. The summed E-state index contributed by atoms with van der Waals surface area (Å²) in [6.45, 7) is 4.29. The first-order valence-corrected chi connectivity index (χ1v) is 8.77. The van der Waals surface area contributed by atoms with Crippen molar-refractivity contribution in [1.82, 2.24) is 19.9 Å². The van der Waals surface area contributed by atoms with E-state index in [1.165, 1.54) is 0 Å². The van der Waals surface area contributed by atoms with Crippen LogP contribution < -0.4 is 0 Å². The first-order valence-electron chi connectivity index (χ1n) is 8.77. The fraction of sp³-hybridized carbons (Fsp3) is 0.706. The number of rotatable bonds is 3. The number of ether oxygens (including phenoxy) is 1. The molecule has 0 saturated carbocycles. The lowest BCUT2D eigenvalue weighted by atomic mass is 10.0. The van der Waals surface area contributed by atoms with Gasteiger partial charge in [0.05, 0.1) is 6.04 Å². The van der Waals surface area contributed by atoms with Crippen molar-refractivity contribution in [3.05, 3.63) is 17.5 Å². The molecule has 0 spiro atoms. The molecular formula is C17H26N4O4. The number of urea groups is 1. The van der Waals surface area contributed by atoms with Gasteiger partial charge in [0, 0.05) is 52.5 Å². The summed E-state index contributed by atoms with van der Waals surface area (Å²) in [6.07, 6.45) is 2.39. The molecular weight excluding hydrogens is 324 g/mol. The van der Waals surface area contributed by atoms with E-state index in [2.05, 4.69) is 5.16 Å². The van der Waals surface area contributed by atoms with Crippen molar-refractivity contribution < 1.29 is 18.8 Å². The summed E-state index contributed by atoms with van der Waals surface area (Å²) in [7, 11) is 3.49. The molecule has 8 nitrogen and oxygen atoms in total. The van der Waals surface area contributed by atoms with E-state index in [4.69, 9.17) is 9.26 Å². The Morgan fingerprint density at radius 1 is 1.20 bits per heavy atom. The Morgan fingerprint density at radius 2 is 1.92 bits per heavy atom. The fourth-order valence-electron chi connectivity index (χ4n) is 3.62. The predicted octanol–water partition coefficient (Wildman–Crippen LogP) is 1.36. The van der Waals surface area contributed by atoms with Gasteiger partial charge in [-0.05, 0) is 26.2 Å².